The largest absolute Gasteiger partial charge is 0.351 e. The second-order valence-electron chi connectivity index (χ2n) is 5.31. The van der Waals surface area contributed by atoms with Crippen LogP contribution < -0.4 is 5.32 Å². The maximum absolute atomic E-state index is 12.3. The first kappa shape index (κ1) is 14.3. The number of pyridine rings is 1. The van der Waals surface area contributed by atoms with Crippen molar-refractivity contribution in [1.82, 2.24) is 14.7 Å². The lowest BCUT2D eigenvalue weighted by Gasteiger charge is -2.04. The molecule has 0 aliphatic rings. The van der Waals surface area contributed by atoms with Gasteiger partial charge in [0.25, 0.3) is 5.91 Å². The minimum atomic E-state index is -0.107. The van der Waals surface area contributed by atoms with Crippen LogP contribution in [-0.2, 0) is 6.42 Å². The highest BCUT2D eigenvalue weighted by Crippen LogP contribution is 2.12. The van der Waals surface area contributed by atoms with Crippen molar-refractivity contribution >= 4 is 11.4 Å². The normalized spacial score (nSPS) is 10.8. The molecule has 22 heavy (non-hydrogen) atoms. The number of aromatic nitrogens is 2. The highest BCUT2D eigenvalue weighted by atomic mass is 16.1. The van der Waals surface area contributed by atoms with Crippen LogP contribution in [0.4, 0.5) is 0 Å². The van der Waals surface area contributed by atoms with Crippen LogP contribution in [0.3, 0.4) is 0 Å². The van der Waals surface area contributed by atoms with E-state index in [1.54, 1.807) is 0 Å². The molecule has 0 radical (unpaired) electrons. The predicted octanol–water partition coefficient (Wildman–Crippen LogP) is 3.01. The minimum absolute atomic E-state index is 0.107. The summed E-state index contributed by atoms with van der Waals surface area (Å²) in [7, 11) is 0. The molecule has 0 saturated heterocycles. The van der Waals surface area contributed by atoms with E-state index in [-0.39, 0.29) is 5.91 Å². The number of nitrogens with zero attached hydrogens (tertiary/aromatic N) is 2. The third-order valence-electron chi connectivity index (χ3n) is 3.71. The molecule has 0 unspecified atom stereocenters. The van der Waals surface area contributed by atoms with Gasteiger partial charge >= 0.3 is 0 Å². The number of hydrogen-bond acceptors (Lipinski definition) is 2. The molecule has 0 spiro atoms. The fraction of sp³-hybridized carbons (Fsp3) is 0.222. The number of hydrogen-bond donors (Lipinski definition) is 1. The average Bonchev–Trinajstić information content (AvgIpc) is 2.90. The smallest absolute Gasteiger partial charge is 0.272 e. The summed E-state index contributed by atoms with van der Waals surface area (Å²) in [5, 5.41) is 2.96. The van der Waals surface area contributed by atoms with E-state index >= 15 is 0 Å². The van der Waals surface area contributed by atoms with E-state index in [0.717, 1.165) is 24.2 Å². The molecule has 2 heterocycles. The van der Waals surface area contributed by atoms with Gasteiger partial charge in [0.15, 0.2) is 5.69 Å². The van der Waals surface area contributed by atoms with Gasteiger partial charge < -0.3 is 9.72 Å². The Hall–Kier alpha value is -2.62. The molecule has 0 fully saturated rings. The standard InChI is InChI=1S/C18H19N3O/c1-14-20-17(16-11-5-6-13-21(14)16)18(22)19-12-7-10-15-8-3-2-4-9-15/h2-6,8-9,11,13H,7,10,12H2,1H3,(H,19,22). The molecule has 0 aliphatic carbocycles. The molecule has 4 nitrogen and oxygen atoms in total. The summed E-state index contributed by atoms with van der Waals surface area (Å²) in [6.45, 7) is 2.55. The molecule has 1 amide bonds. The van der Waals surface area contributed by atoms with Crippen molar-refractivity contribution in [1.29, 1.82) is 0 Å². The number of carbonyl (C=O) groups excluding carboxylic acids is 1. The molecule has 1 aromatic carbocycles. The van der Waals surface area contributed by atoms with E-state index in [0.29, 0.717) is 12.2 Å². The van der Waals surface area contributed by atoms with Gasteiger partial charge in [-0.25, -0.2) is 4.98 Å². The molecule has 2 aromatic heterocycles. The molecular weight excluding hydrogens is 274 g/mol. The van der Waals surface area contributed by atoms with Gasteiger partial charge in [-0.2, -0.15) is 0 Å². The number of benzene rings is 1. The fourth-order valence-corrected chi connectivity index (χ4v) is 2.58. The molecule has 112 valence electrons. The number of nitrogens with one attached hydrogen (secondary N) is 1. The summed E-state index contributed by atoms with van der Waals surface area (Å²) in [4.78, 5) is 16.7. The number of carbonyl (C=O) groups is 1. The number of rotatable bonds is 5. The number of imidazole rings is 1. The molecule has 3 rings (SSSR count). The van der Waals surface area contributed by atoms with Crippen molar-refractivity contribution in [3.8, 4) is 0 Å². The second-order valence-corrected chi connectivity index (χ2v) is 5.31. The highest BCUT2D eigenvalue weighted by Gasteiger charge is 2.14. The topological polar surface area (TPSA) is 46.4 Å². The van der Waals surface area contributed by atoms with Gasteiger partial charge in [0.05, 0.1) is 5.52 Å². The Morgan fingerprint density at radius 1 is 1.14 bits per heavy atom. The molecule has 3 aromatic rings. The van der Waals surface area contributed by atoms with Gasteiger partial charge in [-0.15, -0.1) is 0 Å². The molecule has 0 bridgehead atoms. The van der Waals surface area contributed by atoms with Gasteiger partial charge in [-0.3, -0.25) is 4.79 Å². The number of aryl methyl sites for hydroxylation is 2. The first-order valence-corrected chi connectivity index (χ1v) is 7.51. The Balaban J connectivity index is 1.60. The third-order valence-corrected chi connectivity index (χ3v) is 3.71. The Bertz CT molecular complexity index is 777. The summed E-state index contributed by atoms with van der Waals surface area (Å²) in [6.07, 6.45) is 3.80. The minimum Gasteiger partial charge on any atom is -0.351 e. The van der Waals surface area contributed by atoms with Gasteiger partial charge in [0.2, 0.25) is 0 Å². The fourth-order valence-electron chi connectivity index (χ4n) is 2.58. The quantitative estimate of drug-likeness (QED) is 0.735. The molecule has 4 heteroatoms. The average molecular weight is 293 g/mol. The van der Waals surface area contributed by atoms with Crippen molar-refractivity contribution in [2.75, 3.05) is 6.54 Å². The Kier molecular flexibility index (Phi) is 4.19. The van der Waals surface area contributed by atoms with Crippen LogP contribution >= 0.6 is 0 Å². The molecule has 0 aliphatic heterocycles. The van der Waals surface area contributed by atoms with Gasteiger partial charge in [0.1, 0.15) is 5.82 Å². The zero-order valence-electron chi connectivity index (χ0n) is 12.6. The first-order valence-electron chi connectivity index (χ1n) is 7.51. The van der Waals surface area contributed by atoms with E-state index in [1.165, 1.54) is 5.56 Å². The maximum Gasteiger partial charge on any atom is 0.272 e. The SMILES string of the molecule is Cc1nc(C(=O)NCCCc2ccccc2)c2ccccn12. The molecule has 0 saturated carbocycles. The van der Waals surface area contributed by atoms with Crippen LogP contribution in [0.1, 0.15) is 28.3 Å². The summed E-state index contributed by atoms with van der Waals surface area (Å²) < 4.78 is 1.93. The summed E-state index contributed by atoms with van der Waals surface area (Å²) in [5.74, 6) is 0.717. The van der Waals surface area contributed by atoms with Crippen molar-refractivity contribution in [2.24, 2.45) is 0 Å². The van der Waals surface area contributed by atoms with Gasteiger partial charge in [-0.05, 0) is 37.5 Å². The van der Waals surface area contributed by atoms with Crippen molar-refractivity contribution in [2.45, 2.75) is 19.8 Å². The van der Waals surface area contributed by atoms with Crippen LogP contribution in [0.15, 0.2) is 54.7 Å². The van der Waals surface area contributed by atoms with Crippen LogP contribution in [0.2, 0.25) is 0 Å². The van der Waals surface area contributed by atoms with E-state index in [4.69, 9.17) is 0 Å². The molecule has 1 N–H and O–H groups in total. The van der Waals surface area contributed by atoms with Crippen LogP contribution in [0, 0.1) is 6.92 Å². The number of fused-ring (bicyclic) bond motifs is 1. The summed E-state index contributed by atoms with van der Waals surface area (Å²) in [5.41, 5.74) is 2.64. The van der Waals surface area contributed by atoms with E-state index in [2.05, 4.69) is 22.4 Å². The van der Waals surface area contributed by atoms with Gasteiger partial charge in [0, 0.05) is 12.7 Å². The monoisotopic (exact) mass is 293 g/mol. The summed E-state index contributed by atoms with van der Waals surface area (Å²) >= 11 is 0. The lowest BCUT2D eigenvalue weighted by atomic mass is 10.1. The van der Waals surface area contributed by atoms with Crippen LogP contribution in [-0.4, -0.2) is 21.8 Å². The lowest BCUT2D eigenvalue weighted by molar-refractivity contribution is 0.0950. The van der Waals surface area contributed by atoms with Crippen LogP contribution in [0.25, 0.3) is 5.52 Å². The van der Waals surface area contributed by atoms with Crippen LogP contribution in [0.5, 0.6) is 0 Å². The zero-order valence-corrected chi connectivity index (χ0v) is 12.6. The first-order chi connectivity index (χ1) is 10.8. The van der Waals surface area contributed by atoms with Crippen molar-refractivity contribution < 1.29 is 4.79 Å². The Morgan fingerprint density at radius 3 is 2.73 bits per heavy atom. The van der Waals surface area contributed by atoms with Gasteiger partial charge in [-0.1, -0.05) is 36.4 Å². The third kappa shape index (κ3) is 3.01. The molecule has 0 atom stereocenters. The number of amides is 1. The summed E-state index contributed by atoms with van der Waals surface area (Å²) in [6, 6.07) is 16.1. The van der Waals surface area contributed by atoms with Crippen molar-refractivity contribution in [3.63, 3.8) is 0 Å². The zero-order chi connectivity index (χ0) is 15.4. The highest BCUT2D eigenvalue weighted by molar-refractivity contribution is 5.99. The Morgan fingerprint density at radius 2 is 1.91 bits per heavy atom. The predicted molar refractivity (Wildman–Crippen MR) is 87.0 cm³/mol. The lowest BCUT2D eigenvalue weighted by Crippen LogP contribution is -2.25. The van der Waals surface area contributed by atoms with Crippen molar-refractivity contribution in [3.05, 3.63) is 71.8 Å². The molecular formula is C18H19N3O. The maximum atomic E-state index is 12.3. The Labute approximate surface area is 129 Å². The van der Waals surface area contributed by atoms with E-state index < -0.39 is 0 Å². The second kappa shape index (κ2) is 6.43. The van der Waals surface area contributed by atoms with E-state index in [9.17, 15) is 4.79 Å². The van der Waals surface area contributed by atoms with E-state index in [1.807, 2.05) is 53.9 Å².